The molecule has 0 unspecified atom stereocenters. The molecule has 1 saturated carbocycles. The van der Waals surface area contributed by atoms with Gasteiger partial charge in [0.25, 0.3) is 0 Å². The summed E-state index contributed by atoms with van der Waals surface area (Å²) in [6.07, 6.45) is -0.328. The molecule has 0 aromatic rings. The summed E-state index contributed by atoms with van der Waals surface area (Å²) in [7, 11) is 1.72. The Labute approximate surface area is 118 Å². The Morgan fingerprint density at radius 1 is 1.15 bits per heavy atom. The van der Waals surface area contributed by atoms with E-state index in [1.54, 1.807) is 7.11 Å². The van der Waals surface area contributed by atoms with Gasteiger partial charge in [-0.25, -0.2) is 0 Å². The Bertz CT molecular complexity index is 306. The molecular formula is C14H25F3N2O. The number of likely N-dealkylation sites (tertiary alicyclic amines) is 1. The molecule has 0 atom stereocenters. The summed E-state index contributed by atoms with van der Waals surface area (Å²) >= 11 is 0. The first-order chi connectivity index (χ1) is 9.41. The smallest absolute Gasteiger partial charge is 0.381 e. The van der Waals surface area contributed by atoms with Gasteiger partial charge in [0.1, 0.15) is 0 Å². The molecule has 0 aromatic heterocycles. The van der Waals surface area contributed by atoms with E-state index in [1.165, 1.54) is 0 Å². The lowest BCUT2D eigenvalue weighted by atomic mass is 9.74. The minimum Gasteiger partial charge on any atom is -0.381 e. The molecule has 3 nitrogen and oxygen atoms in total. The van der Waals surface area contributed by atoms with Crippen LogP contribution < -0.4 is 5.73 Å². The van der Waals surface area contributed by atoms with Crippen molar-refractivity contribution < 1.29 is 17.9 Å². The minimum absolute atomic E-state index is 0.213. The molecule has 1 heterocycles. The summed E-state index contributed by atoms with van der Waals surface area (Å²) in [5.41, 5.74) is 5.71. The number of ether oxygens (including phenoxy) is 1. The molecule has 0 spiro atoms. The molecule has 1 aliphatic carbocycles. The number of piperidine rings is 1. The zero-order valence-electron chi connectivity index (χ0n) is 12.1. The summed E-state index contributed by atoms with van der Waals surface area (Å²) in [6, 6.07) is 0. The van der Waals surface area contributed by atoms with E-state index in [2.05, 4.69) is 4.90 Å². The molecule has 0 radical (unpaired) electrons. The van der Waals surface area contributed by atoms with Crippen LogP contribution in [0.3, 0.4) is 0 Å². The van der Waals surface area contributed by atoms with Crippen molar-refractivity contribution >= 4 is 0 Å². The highest BCUT2D eigenvalue weighted by atomic mass is 19.4. The highest BCUT2D eigenvalue weighted by Gasteiger charge is 2.47. The number of rotatable bonds is 3. The normalized spacial score (nSPS) is 34.4. The third-order valence-corrected chi connectivity index (χ3v) is 5.21. The molecular weight excluding hydrogens is 269 g/mol. The standard InChI is InChI=1S/C14H25F3N2O/c1-20-12-4-8-19(9-5-12)13(10-18)6-2-11(3-7-13)14(15,16)17/h11-12H,2-10,18H2,1H3. The van der Waals surface area contributed by atoms with Crippen molar-refractivity contribution in [2.45, 2.75) is 56.3 Å². The van der Waals surface area contributed by atoms with Gasteiger partial charge in [0, 0.05) is 32.3 Å². The third-order valence-electron chi connectivity index (χ3n) is 5.21. The average Bonchev–Trinajstić information content (AvgIpc) is 2.46. The van der Waals surface area contributed by atoms with Gasteiger partial charge in [0.2, 0.25) is 0 Å². The zero-order chi connectivity index (χ0) is 14.8. The van der Waals surface area contributed by atoms with Crippen LogP contribution >= 0.6 is 0 Å². The highest BCUT2D eigenvalue weighted by Crippen LogP contribution is 2.43. The number of hydrogen-bond acceptors (Lipinski definition) is 3. The van der Waals surface area contributed by atoms with Gasteiger partial charge in [-0.05, 0) is 38.5 Å². The van der Waals surface area contributed by atoms with E-state index >= 15 is 0 Å². The molecule has 118 valence electrons. The Morgan fingerprint density at radius 3 is 2.10 bits per heavy atom. The topological polar surface area (TPSA) is 38.5 Å². The number of halogens is 3. The first kappa shape index (κ1) is 16.0. The fourth-order valence-corrected chi connectivity index (χ4v) is 3.70. The molecule has 2 rings (SSSR count). The quantitative estimate of drug-likeness (QED) is 0.869. The second kappa shape index (κ2) is 6.20. The molecule has 0 aromatic carbocycles. The molecule has 2 N–H and O–H groups in total. The molecule has 0 bridgehead atoms. The maximum absolute atomic E-state index is 12.8. The number of alkyl halides is 3. The van der Waals surface area contributed by atoms with Gasteiger partial charge in [0.15, 0.2) is 0 Å². The van der Waals surface area contributed by atoms with Crippen molar-refractivity contribution in [3.63, 3.8) is 0 Å². The molecule has 0 amide bonds. The first-order valence-electron chi connectivity index (χ1n) is 7.46. The van der Waals surface area contributed by atoms with Crippen molar-refractivity contribution in [2.75, 3.05) is 26.7 Å². The van der Waals surface area contributed by atoms with E-state index < -0.39 is 12.1 Å². The average molecular weight is 294 g/mol. The van der Waals surface area contributed by atoms with Gasteiger partial charge in [-0.2, -0.15) is 13.2 Å². The summed E-state index contributed by atoms with van der Waals surface area (Å²) < 4.78 is 43.7. The number of nitrogens with zero attached hydrogens (tertiary/aromatic N) is 1. The van der Waals surface area contributed by atoms with E-state index in [1.807, 2.05) is 0 Å². The van der Waals surface area contributed by atoms with Gasteiger partial charge in [-0.1, -0.05) is 0 Å². The van der Waals surface area contributed by atoms with Gasteiger partial charge in [-0.3, -0.25) is 4.90 Å². The second-order valence-corrected chi connectivity index (χ2v) is 6.17. The van der Waals surface area contributed by atoms with Crippen molar-refractivity contribution in [1.82, 2.24) is 4.90 Å². The van der Waals surface area contributed by atoms with Crippen LogP contribution in [0.4, 0.5) is 13.2 Å². The van der Waals surface area contributed by atoms with Gasteiger partial charge in [-0.15, -0.1) is 0 Å². The molecule has 20 heavy (non-hydrogen) atoms. The Hall–Kier alpha value is -0.330. The lowest BCUT2D eigenvalue weighted by Crippen LogP contribution is -2.59. The monoisotopic (exact) mass is 294 g/mol. The SMILES string of the molecule is COC1CCN(C2(CN)CCC(C(F)(F)F)CC2)CC1. The Morgan fingerprint density at radius 2 is 1.70 bits per heavy atom. The summed E-state index contributed by atoms with van der Waals surface area (Å²) in [6.45, 7) is 2.22. The maximum Gasteiger partial charge on any atom is 0.391 e. The van der Waals surface area contributed by atoms with E-state index in [0.29, 0.717) is 19.4 Å². The largest absolute Gasteiger partial charge is 0.391 e. The molecule has 1 aliphatic heterocycles. The van der Waals surface area contributed by atoms with Crippen LogP contribution in [0.5, 0.6) is 0 Å². The second-order valence-electron chi connectivity index (χ2n) is 6.17. The highest BCUT2D eigenvalue weighted by molar-refractivity contribution is 4.98. The van der Waals surface area contributed by atoms with Crippen LogP contribution in [0.1, 0.15) is 38.5 Å². The number of hydrogen-bond donors (Lipinski definition) is 1. The van der Waals surface area contributed by atoms with Crippen LogP contribution in [-0.2, 0) is 4.74 Å². The summed E-state index contributed by atoms with van der Waals surface area (Å²) in [5.74, 6) is -1.14. The number of nitrogens with two attached hydrogens (primary N) is 1. The number of methoxy groups -OCH3 is 1. The third kappa shape index (κ3) is 3.28. The van der Waals surface area contributed by atoms with Crippen LogP contribution in [0, 0.1) is 5.92 Å². The van der Waals surface area contributed by atoms with Crippen LogP contribution in [0.15, 0.2) is 0 Å². The fourth-order valence-electron chi connectivity index (χ4n) is 3.70. The van der Waals surface area contributed by atoms with Gasteiger partial charge >= 0.3 is 6.18 Å². The van der Waals surface area contributed by atoms with Crippen molar-refractivity contribution in [3.8, 4) is 0 Å². The van der Waals surface area contributed by atoms with E-state index in [4.69, 9.17) is 10.5 Å². The fraction of sp³-hybridized carbons (Fsp3) is 1.00. The Kier molecular flexibility index (Phi) is 4.97. The lowest BCUT2D eigenvalue weighted by molar-refractivity contribution is -0.189. The van der Waals surface area contributed by atoms with Crippen molar-refractivity contribution in [1.29, 1.82) is 0 Å². The molecule has 6 heteroatoms. The van der Waals surface area contributed by atoms with E-state index in [0.717, 1.165) is 25.9 Å². The van der Waals surface area contributed by atoms with Crippen molar-refractivity contribution in [2.24, 2.45) is 11.7 Å². The molecule has 2 aliphatic rings. The van der Waals surface area contributed by atoms with E-state index in [9.17, 15) is 13.2 Å². The summed E-state index contributed by atoms with van der Waals surface area (Å²) in [5, 5.41) is 0. The van der Waals surface area contributed by atoms with Gasteiger partial charge < -0.3 is 10.5 Å². The summed E-state index contributed by atoms with van der Waals surface area (Å²) in [4.78, 5) is 2.31. The molecule has 2 fully saturated rings. The van der Waals surface area contributed by atoms with Crippen LogP contribution in [-0.4, -0.2) is 49.5 Å². The predicted octanol–water partition coefficient (Wildman–Crippen LogP) is 2.55. The van der Waals surface area contributed by atoms with Crippen molar-refractivity contribution in [3.05, 3.63) is 0 Å². The van der Waals surface area contributed by atoms with E-state index in [-0.39, 0.29) is 24.5 Å². The van der Waals surface area contributed by atoms with Crippen LogP contribution in [0.25, 0.3) is 0 Å². The Balaban J connectivity index is 1.95. The van der Waals surface area contributed by atoms with Gasteiger partial charge in [0.05, 0.1) is 12.0 Å². The first-order valence-corrected chi connectivity index (χ1v) is 7.46. The predicted molar refractivity (Wildman–Crippen MR) is 71.4 cm³/mol. The lowest BCUT2D eigenvalue weighted by Gasteiger charge is -2.50. The van der Waals surface area contributed by atoms with Crippen LogP contribution in [0.2, 0.25) is 0 Å². The maximum atomic E-state index is 12.8. The zero-order valence-corrected chi connectivity index (χ0v) is 12.1. The minimum atomic E-state index is -4.05. The molecule has 1 saturated heterocycles.